The monoisotopic (exact) mass is 340 g/mol. The summed E-state index contributed by atoms with van der Waals surface area (Å²) in [6.07, 6.45) is 9.05. The Balaban J connectivity index is 1.73. The molecule has 3 fully saturated rings. The van der Waals surface area contributed by atoms with Gasteiger partial charge in [-0.3, -0.25) is 4.79 Å². The molecule has 136 valence electrons. The highest BCUT2D eigenvalue weighted by Crippen LogP contribution is 2.68. The van der Waals surface area contributed by atoms with Crippen molar-refractivity contribution in [2.24, 2.45) is 34.5 Å². The summed E-state index contributed by atoms with van der Waals surface area (Å²) in [7, 11) is 0. The quantitative estimate of drug-likeness (QED) is 0.658. The smallest absolute Gasteiger partial charge is 0.155 e. The van der Waals surface area contributed by atoms with Crippen molar-refractivity contribution in [2.45, 2.75) is 78.2 Å². The van der Waals surface area contributed by atoms with Gasteiger partial charge in [-0.05, 0) is 80.6 Å². The van der Waals surface area contributed by atoms with Crippen molar-refractivity contribution in [3.63, 3.8) is 0 Å². The van der Waals surface area contributed by atoms with Gasteiger partial charge in [0.15, 0.2) is 5.78 Å². The summed E-state index contributed by atoms with van der Waals surface area (Å²) in [5.74, 6) is 8.90. The molecule has 0 aromatic rings. The molecule has 0 amide bonds. The van der Waals surface area contributed by atoms with Crippen LogP contribution in [-0.2, 0) is 4.79 Å². The highest BCUT2D eigenvalue weighted by molar-refractivity contribution is 5.91. The summed E-state index contributed by atoms with van der Waals surface area (Å²) in [5, 5.41) is 11.3. The molecule has 4 aliphatic rings. The average Bonchev–Trinajstić information content (AvgIpc) is 2.82. The minimum absolute atomic E-state index is 0.0705. The molecule has 4 aliphatic carbocycles. The van der Waals surface area contributed by atoms with Crippen LogP contribution < -0.4 is 0 Å². The van der Waals surface area contributed by atoms with E-state index in [1.54, 1.807) is 0 Å². The third-order valence-electron chi connectivity index (χ3n) is 8.76. The van der Waals surface area contributed by atoms with E-state index in [0.717, 1.165) is 25.7 Å². The second-order valence-corrected chi connectivity index (χ2v) is 9.73. The van der Waals surface area contributed by atoms with E-state index in [2.05, 4.69) is 32.6 Å². The van der Waals surface area contributed by atoms with Crippen LogP contribution in [0.3, 0.4) is 0 Å². The number of rotatable bonds is 0. The van der Waals surface area contributed by atoms with Crippen LogP contribution in [0.25, 0.3) is 0 Å². The molecule has 0 unspecified atom stereocenters. The highest BCUT2D eigenvalue weighted by atomic mass is 16.3. The molecule has 2 heteroatoms. The second kappa shape index (κ2) is 5.46. The Morgan fingerprint density at radius 1 is 1.16 bits per heavy atom. The molecular formula is C23H32O2. The van der Waals surface area contributed by atoms with Gasteiger partial charge in [0, 0.05) is 11.8 Å². The van der Waals surface area contributed by atoms with Crippen molar-refractivity contribution in [1.82, 2.24) is 0 Å². The van der Waals surface area contributed by atoms with Crippen molar-refractivity contribution >= 4 is 5.78 Å². The standard InChI is InChI=1S/C23H32O2/c1-5-9-23(25)12-8-19-17-13-15(2)20-14-16(24)6-10-21(20,3)18(17)7-11-22(19,23)4/h14-15,17-19,25H,6-8,10-13H2,1-4H3/t15-,17+,18-,19-,21+,22-,23+/m0/s1. The second-order valence-electron chi connectivity index (χ2n) is 9.73. The van der Waals surface area contributed by atoms with Crippen LogP contribution in [0.1, 0.15) is 72.6 Å². The van der Waals surface area contributed by atoms with Gasteiger partial charge in [0.1, 0.15) is 5.60 Å². The molecule has 4 rings (SSSR count). The minimum Gasteiger partial charge on any atom is -0.377 e. The van der Waals surface area contributed by atoms with E-state index in [-0.39, 0.29) is 10.8 Å². The summed E-state index contributed by atoms with van der Waals surface area (Å²) in [6.45, 7) is 8.89. The molecule has 0 aliphatic heterocycles. The zero-order chi connectivity index (χ0) is 18.0. The number of carbonyl (C=O) groups is 1. The Bertz CT molecular complexity index is 695. The van der Waals surface area contributed by atoms with Crippen molar-refractivity contribution in [3.8, 4) is 11.8 Å². The maximum atomic E-state index is 12.0. The van der Waals surface area contributed by atoms with Crippen LogP contribution in [0.15, 0.2) is 11.6 Å². The van der Waals surface area contributed by atoms with Gasteiger partial charge in [-0.1, -0.05) is 32.3 Å². The lowest BCUT2D eigenvalue weighted by Crippen LogP contribution is -2.55. The number of hydrogen-bond donors (Lipinski definition) is 1. The maximum Gasteiger partial charge on any atom is 0.155 e. The Morgan fingerprint density at radius 2 is 1.88 bits per heavy atom. The van der Waals surface area contributed by atoms with Crippen molar-refractivity contribution in [2.75, 3.05) is 0 Å². The van der Waals surface area contributed by atoms with Crippen LogP contribution in [0.4, 0.5) is 0 Å². The van der Waals surface area contributed by atoms with Crippen LogP contribution in [0.5, 0.6) is 0 Å². The van der Waals surface area contributed by atoms with Gasteiger partial charge in [-0.15, -0.1) is 5.92 Å². The molecule has 0 bridgehead atoms. The zero-order valence-corrected chi connectivity index (χ0v) is 16.2. The normalized spacial score (nSPS) is 51.6. The first kappa shape index (κ1) is 17.3. The molecule has 0 spiro atoms. The highest BCUT2D eigenvalue weighted by Gasteiger charge is 2.64. The summed E-state index contributed by atoms with van der Waals surface area (Å²) >= 11 is 0. The molecule has 1 N–H and O–H groups in total. The Morgan fingerprint density at radius 3 is 2.60 bits per heavy atom. The molecule has 25 heavy (non-hydrogen) atoms. The molecule has 2 nitrogen and oxygen atoms in total. The third-order valence-corrected chi connectivity index (χ3v) is 8.76. The summed E-state index contributed by atoms with van der Waals surface area (Å²) in [4.78, 5) is 12.0. The van der Waals surface area contributed by atoms with Gasteiger partial charge in [0.05, 0.1) is 0 Å². The number of ketones is 1. The largest absolute Gasteiger partial charge is 0.377 e. The third kappa shape index (κ3) is 2.18. The molecule has 0 saturated heterocycles. The number of allylic oxidation sites excluding steroid dienone is 1. The van der Waals surface area contributed by atoms with Crippen LogP contribution in [0.2, 0.25) is 0 Å². The first-order chi connectivity index (χ1) is 11.7. The van der Waals surface area contributed by atoms with Gasteiger partial charge in [-0.25, -0.2) is 0 Å². The van der Waals surface area contributed by atoms with E-state index in [1.165, 1.54) is 18.4 Å². The van der Waals surface area contributed by atoms with E-state index in [4.69, 9.17) is 0 Å². The topological polar surface area (TPSA) is 37.3 Å². The molecule has 7 atom stereocenters. The first-order valence-corrected chi connectivity index (χ1v) is 10.2. The zero-order valence-electron chi connectivity index (χ0n) is 16.2. The number of aliphatic hydroxyl groups is 1. The van der Waals surface area contributed by atoms with Gasteiger partial charge < -0.3 is 5.11 Å². The van der Waals surface area contributed by atoms with Gasteiger partial charge in [-0.2, -0.15) is 0 Å². The van der Waals surface area contributed by atoms with Gasteiger partial charge in [0.25, 0.3) is 0 Å². The molecule has 0 heterocycles. The molecular weight excluding hydrogens is 308 g/mol. The number of fused-ring (bicyclic) bond motifs is 5. The lowest BCUT2D eigenvalue weighted by molar-refractivity contribution is -0.121. The van der Waals surface area contributed by atoms with Crippen molar-refractivity contribution < 1.29 is 9.90 Å². The molecule has 0 aromatic heterocycles. The van der Waals surface area contributed by atoms with E-state index < -0.39 is 5.60 Å². The lowest BCUT2D eigenvalue weighted by atomic mass is 9.45. The van der Waals surface area contributed by atoms with Crippen LogP contribution >= 0.6 is 0 Å². The predicted molar refractivity (Wildman–Crippen MR) is 99.7 cm³/mol. The molecule has 3 saturated carbocycles. The van der Waals surface area contributed by atoms with E-state index in [9.17, 15) is 9.90 Å². The van der Waals surface area contributed by atoms with E-state index >= 15 is 0 Å². The Kier molecular flexibility index (Phi) is 3.79. The molecule has 0 radical (unpaired) electrons. The van der Waals surface area contributed by atoms with Crippen LogP contribution in [-0.4, -0.2) is 16.5 Å². The lowest BCUT2D eigenvalue weighted by Gasteiger charge is -2.60. The average molecular weight is 341 g/mol. The van der Waals surface area contributed by atoms with E-state index in [1.807, 2.05) is 13.0 Å². The fourth-order valence-corrected chi connectivity index (χ4v) is 7.41. The van der Waals surface area contributed by atoms with Crippen LogP contribution in [0, 0.1) is 46.3 Å². The molecule has 0 aromatic carbocycles. The number of hydrogen-bond acceptors (Lipinski definition) is 2. The first-order valence-electron chi connectivity index (χ1n) is 10.2. The van der Waals surface area contributed by atoms with Crippen molar-refractivity contribution in [3.05, 3.63) is 11.6 Å². The predicted octanol–water partition coefficient (Wildman–Crippen LogP) is 4.52. The van der Waals surface area contributed by atoms with Gasteiger partial charge >= 0.3 is 0 Å². The summed E-state index contributed by atoms with van der Waals surface area (Å²) in [5.41, 5.74) is 0.739. The van der Waals surface area contributed by atoms with E-state index in [0.29, 0.717) is 35.9 Å². The minimum atomic E-state index is -0.805. The van der Waals surface area contributed by atoms with Gasteiger partial charge in [0.2, 0.25) is 0 Å². The Hall–Kier alpha value is -1.07. The number of carbonyl (C=O) groups excluding carboxylic acids is 1. The fraction of sp³-hybridized carbons (Fsp3) is 0.783. The van der Waals surface area contributed by atoms with Crippen molar-refractivity contribution in [1.29, 1.82) is 0 Å². The summed E-state index contributed by atoms with van der Waals surface area (Å²) < 4.78 is 0. The SMILES string of the molecule is CC#C[C@@]1(O)CC[C@H]2[C@@H]3C[C@H](C)C4=CC(=O)CC[C@]4(C)[C@H]3CC[C@@]21C. The fourth-order valence-electron chi connectivity index (χ4n) is 7.41. The Labute approximate surface area is 152 Å². The summed E-state index contributed by atoms with van der Waals surface area (Å²) in [6, 6.07) is 0. The maximum absolute atomic E-state index is 12.0.